The molecule has 1 unspecified atom stereocenters. The molecule has 0 fully saturated rings. The number of carbonyl (C=O) groups is 1. The Morgan fingerprint density at radius 2 is 1.68 bits per heavy atom. The molecule has 134 valence electrons. The van der Waals surface area contributed by atoms with E-state index >= 15 is 0 Å². The Labute approximate surface area is 148 Å². The second kappa shape index (κ2) is 8.13. The van der Waals surface area contributed by atoms with Crippen LogP contribution in [0.3, 0.4) is 0 Å². The van der Waals surface area contributed by atoms with E-state index in [9.17, 15) is 13.2 Å². The summed E-state index contributed by atoms with van der Waals surface area (Å²) in [5.41, 5.74) is 0.525. The van der Waals surface area contributed by atoms with E-state index in [0.717, 1.165) is 4.31 Å². The highest BCUT2D eigenvalue weighted by molar-refractivity contribution is 7.89. The summed E-state index contributed by atoms with van der Waals surface area (Å²) in [6.45, 7) is 1.75. The summed E-state index contributed by atoms with van der Waals surface area (Å²) in [5.74, 6) is 0.279. The van der Waals surface area contributed by atoms with E-state index in [1.54, 1.807) is 37.3 Å². The molecule has 6 nitrogen and oxygen atoms in total. The lowest BCUT2D eigenvalue weighted by atomic mass is 10.2. The second-order valence-corrected chi connectivity index (χ2v) is 7.81. The first kappa shape index (κ1) is 19.0. The highest BCUT2D eigenvalue weighted by atomic mass is 32.2. The molecule has 0 bridgehead atoms. The molecule has 0 saturated heterocycles. The molecular formula is C18H22N2O4S. The summed E-state index contributed by atoms with van der Waals surface area (Å²) >= 11 is 0. The van der Waals surface area contributed by atoms with Gasteiger partial charge in [-0.05, 0) is 30.7 Å². The van der Waals surface area contributed by atoms with Gasteiger partial charge in [0.1, 0.15) is 5.75 Å². The number of ether oxygens (including phenoxy) is 1. The van der Waals surface area contributed by atoms with Gasteiger partial charge in [-0.3, -0.25) is 4.79 Å². The average Bonchev–Trinajstić information content (AvgIpc) is 2.60. The topological polar surface area (TPSA) is 75.7 Å². The summed E-state index contributed by atoms with van der Waals surface area (Å²) in [6.07, 6.45) is -0.694. The van der Waals surface area contributed by atoms with Crippen molar-refractivity contribution in [3.8, 4) is 5.75 Å². The van der Waals surface area contributed by atoms with Crippen molar-refractivity contribution in [3.05, 3.63) is 60.2 Å². The maximum absolute atomic E-state index is 12.4. The highest BCUT2D eigenvalue weighted by Crippen LogP contribution is 2.18. The minimum Gasteiger partial charge on any atom is -0.481 e. The maximum Gasteiger partial charge on any atom is 0.261 e. The van der Waals surface area contributed by atoms with Crippen LogP contribution >= 0.6 is 0 Å². The summed E-state index contributed by atoms with van der Waals surface area (Å²) in [6, 6.07) is 15.6. The number of rotatable bonds is 7. The van der Waals surface area contributed by atoms with Crippen molar-refractivity contribution in [1.82, 2.24) is 9.62 Å². The van der Waals surface area contributed by atoms with E-state index in [2.05, 4.69) is 5.32 Å². The number of nitrogens with one attached hydrogen (secondary N) is 1. The van der Waals surface area contributed by atoms with Gasteiger partial charge in [-0.2, -0.15) is 0 Å². The first-order chi connectivity index (χ1) is 11.8. The number of para-hydroxylation sites is 1. The van der Waals surface area contributed by atoms with Gasteiger partial charge in [0.2, 0.25) is 10.0 Å². The Kier molecular flexibility index (Phi) is 6.17. The molecule has 25 heavy (non-hydrogen) atoms. The van der Waals surface area contributed by atoms with Crippen LogP contribution in [0.4, 0.5) is 0 Å². The van der Waals surface area contributed by atoms with Crippen molar-refractivity contribution in [1.29, 1.82) is 0 Å². The SMILES string of the molecule is CC(Oc1ccccc1)C(=O)NCc1ccccc1S(=O)(=O)N(C)C. The highest BCUT2D eigenvalue weighted by Gasteiger charge is 2.21. The molecule has 0 aliphatic carbocycles. The van der Waals surface area contributed by atoms with Gasteiger partial charge < -0.3 is 10.1 Å². The van der Waals surface area contributed by atoms with Crippen molar-refractivity contribution in [2.24, 2.45) is 0 Å². The molecule has 2 aromatic rings. The van der Waals surface area contributed by atoms with E-state index < -0.39 is 16.1 Å². The Hall–Kier alpha value is -2.38. The lowest BCUT2D eigenvalue weighted by molar-refractivity contribution is -0.127. The minimum atomic E-state index is -3.57. The molecule has 7 heteroatoms. The fourth-order valence-electron chi connectivity index (χ4n) is 2.18. The largest absolute Gasteiger partial charge is 0.481 e. The summed E-state index contributed by atoms with van der Waals surface area (Å²) in [4.78, 5) is 12.4. The zero-order valence-corrected chi connectivity index (χ0v) is 15.3. The van der Waals surface area contributed by atoms with E-state index in [4.69, 9.17) is 4.74 Å². The Morgan fingerprint density at radius 1 is 1.08 bits per heavy atom. The van der Waals surface area contributed by atoms with Crippen LogP contribution in [0.1, 0.15) is 12.5 Å². The summed E-state index contributed by atoms with van der Waals surface area (Å²) in [7, 11) is -0.628. The third-order valence-corrected chi connectivity index (χ3v) is 5.53. The number of hydrogen-bond donors (Lipinski definition) is 1. The number of nitrogens with zero attached hydrogens (tertiary/aromatic N) is 1. The third kappa shape index (κ3) is 4.80. The van der Waals surface area contributed by atoms with E-state index in [1.165, 1.54) is 20.2 Å². The summed E-state index contributed by atoms with van der Waals surface area (Å²) < 4.78 is 31.4. The van der Waals surface area contributed by atoms with Crippen LogP contribution in [-0.2, 0) is 21.4 Å². The third-order valence-electron chi connectivity index (χ3n) is 3.61. The molecule has 0 heterocycles. The zero-order valence-electron chi connectivity index (χ0n) is 14.5. The lowest BCUT2D eigenvalue weighted by Crippen LogP contribution is -2.36. The fraction of sp³-hybridized carbons (Fsp3) is 0.278. The van der Waals surface area contributed by atoms with Crippen molar-refractivity contribution in [3.63, 3.8) is 0 Å². The van der Waals surface area contributed by atoms with Crippen LogP contribution in [0, 0.1) is 0 Å². The molecule has 1 N–H and O–H groups in total. The molecule has 0 aromatic heterocycles. The van der Waals surface area contributed by atoms with E-state index in [0.29, 0.717) is 11.3 Å². The van der Waals surface area contributed by atoms with Crippen molar-refractivity contribution in [2.75, 3.05) is 14.1 Å². The lowest BCUT2D eigenvalue weighted by Gasteiger charge is -2.17. The predicted octanol–water partition coefficient (Wildman–Crippen LogP) is 2.02. The zero-order chi connectivity index (χ0) is 18.4. The summed E-state index contributed by atoms with van der Waals surface area (Å²) in [5, 5.41) is 2.72. The molecule has 1 amide bonds. The van der Waals surface area contributed by atoms with Gasteiger partial charge in [-0.1, -0.05) is 36.4 Å². The first-order valence-electron chi connectivity index (χ1n) is 7.82. The molecule has 0 saturated carbocycles. The predicted molar refractivity (Wildman–Crippen MR) is 95.7 cm³/mol. The molecule has 2 rings (SSSR count). The van der Waals surface area contributed by atoms with Gasteiger partial charge in [0.25, 0.3) is 5.91 Å². The standard InChI is InChI=1S/C18H22N2O4S/c1-14(24-16-10-5-4-6-11-16)18(21)19-13-15-9-7-8-12-17(15)25(22,23)20(2)3/h4-12,14H,13H2,1-3H3,(H,19,21). The Balaban J connectivity index is 2.05. The number of amides is 1. The van der Waals surface area contributed by atoms with Crippen molar-refractivity contribution < 1.29 is 17.9 Å². The average molecular weight is 362 g/mol. The Bertz CT molecular complexity index is 820. The van der Waals surface area contributed by atoms with Crippen LogP contribution < -0.4 is 10.1 Å². The fourth-order valence-corrected chi connectivity index (χ4v) is 3.30. The molecule has 0 aliphatic rings. The van der Waals surface area contributed by atoms with Crippen LogP contribution in [0.15, 0.2) is 59.5 Å². The van der Waals surface area contributed by atoms with Gasteiger partial charge in [-0.15, -0.1) is 0 Å². The van der Waals surface area contributed by atoms with Gasteiger partial charge >= 0.3 is 0 Å². The normalized spacial score (nSPS) is 12.6. The monoisotopic (exact) mass is 362 g/mol. The van der Waals surface area contributed by atoms with Crippen LogP contribution in [-0.4, -0.2) is 38.8 Å². The smallest absolute Gasteiger partial charge is 0.261 e. The van der Waals surface area contributed by atoms with Gasteiger partial charge in [0.15, 0.2) is 6.10 Å². The van der Waals surface area contributed by atoms with Crippen molar-refractivity contribution in [2.45, 2.75) is 24.5 Å². The molecule has 2 aromatic carbocycles. The Morgan fingerprint density at radius 3 is 2.32 bits per heavy atom. The number of hydrogen-bond acceptors (Lipinski definition) is 4. The molecule has 0 radical (unpaired) electrons. The van der Waals surface area contributed by atoms with Gasteiger partial charge in [-0.25, -0.2) is 12.7 Å². The first-order valence-corrected chi connectivity index (χ1v) is 9.26. The number of sulfonamides is 1. The molecule has 0 aliphatic heterocycles. The quantitative estimate of drug-likeness (QED) is 0.818. The maximum atomic E-state index is 12.4. The van der Waals surface area contributed by atoms with Crippen molar-refractivity contribution >= 4 is 15.9 Å². The van der Waals surface area contributed by atoms with Crippen LogP contribution in [0.2, 0.25) is 0 Å². The molecule has 1 atom stereocenters. The van der Waals surface area contributed by atoms with E-state index in [-0.39, 0.29) is 17.3 Å². The van der Waals surface area contributed by atoms with E-state index in [1.807, 2.05) is 18.2 Å². The number of benzene rings is 2. The number of carbonyl (C=O) groups excluding carboxylic acids is 1. The molecular weight excluding hydrogens is 340 g/mol. The van der Waals surface area contributed by atoms with Gasteiger partial charge in [0, 0.05) is 20.6 Å². The van der Waals surface area contributed by atoms with Gasteiger partial charge in [0.05, 0.1) is 4.90 Å². The second-order valence-electron chi connectivity index (χ2n) is 5.69. The minimum absolute atomic E-state index is 0.102. The van der Waals surface area contributed by atoms with Crippen LogP contribution in [0.25, 0.3) is 0 Å². The molecule has 0 spiro atoms. The van der Waals surface area contributed by atoms with Crippen LogP contribution in [0.5, 0.6) is 5.75 Å².